The lowest BCUT2D eigenvalue weighted by Crippen LogP contribution is -2.33. The molecule has 2 aromatic rings. The van der Waals surface area contributed by atoms with Crippen molar-refractivity contribution in [2.75, 3.05) is 24.5 Å². The van der Waals surface area contributed by atoms with Crippen LogP contribution in [0.3, 0.4) is 0 Å². The number of hydrogen-bond donors (Lipinski definition) is 2. The lowest BCUT2D eigenvalue weighted by Gasteiger charge is -2.30. The van der Waals surface area contributed by atoms with Gasteiger partial charge >= 0.3 is 5.97 Å². The summed E-state index contributed by atoms with van der Waals surface area (Å²) in [5.41, 5.74) is 3.69. The molecule has 0 spiro atoms. The Balaban J connectivity index is 1.56. The molecule has 2 aromatic carbocycles. The van der Waals surface area contributed by atoms with Crippen LogP contribution < -0.4 is 10.2 Å². The van der Waals surface area contributed by atoms with E-state index in [9.17, 15) is 9.59 Å². The van der Waals surface area contributed by atoms with E-state index >= 15 is 0 Å². The van der Waals surface area contributed by atoms with Crippen LogP contribution in [-0.2, 0) is 17.6 Å². The van der Waals surface area contributed by atoms with Gasteiger partial charge in [0.25, 0.3) is 5.91 Å². The number of rotatable bonds is 8. The van der Waals surface area contributed by atoms with E-state index in [1.165, 1.54) is 6.42 Å². The molecule has 0 aromatic heterocycles. The van der Waals surface area contributed by atoms with Crippen molar-refractivity contribution in [2.45, 2.75) is 38.5 Å². The Morgan fingerprint density at radius 1 is 0.966 bits per heavy atom. The smallest absolute Gasteiger partial charge is 0.303 e. The average Bonchev–Trinajstić information content (AvgIpc) is 2.73. The van der Waals surface area contributed by atoms with Crippen LogP contribution in [-0.4, -0.2) is 36.6 Å². The Morgan fingerprint density at radius 3 is 2.28 bits per heavy atom. The lowest BCUT2D eigenvalue weighted by atomic mass is 10.1. The molecule has 3 rings (SSSR count). The number of carboxylic acids is 1. The van der Waals surface area contributed by atoms with Crippen molar-refractivity contribution in [2.24, 2.45) is 0 Å². The number of carboxylic acid groups (broad SMARTS) is 1. The summed E-state index contributed by atoms with van der Waals surface area (Å²) in [5.74, 6) is -0.895. The maximum Gasteiger partial charge on any atom is 0.303 e. The summed E-state index contributed by atoms with van der Waals surface area (Å²) < 4.78 is 0. The summed E-state index contributed by atoms with van der Waals surface area (Å²) in [5, 5.41) is 12.3. The first-order chi connectivity index (χ1) is 14.0. The third kappa shape index (κ3) is 6.23. The highest BCUT2D eigenvalue weighted by molar-refractivity contribution is 6.31. The first kappa shape index (κ1) is 21.2. The standard InChI is InChI=1S/C23H27ClN2O3/c24-19-9-10-21(26-14-2-1-3-15-26)20(16-19)23(29)25-13-12-18-6-4-17(5-7-18)8-11-22(27)28/h4-7,9-10,16H,1-3,8,11-15H2,(H,25,29)(H,27,28). The van der Waals surface area contributed by atoms with E-state index in [4.69, 9.17) is 16.7 Å². The number of nitrogens with zero attached hydrogens (tertiary/aromatic N) is 1. The molecule has 0 aliphatic carbocycles. The maximum atomic E-state index is 12.8. The van der Waals surface area contributed by atoms with Crippen LogP contribution in [0.25, 0.3) is 0 Å². The van der Waals surface area contributed by atoms with E-state index in [2.05, 4.69) is 10.2 Å². The minimum Gasteiger partial charge on any atom is -0.481 e. The quantitative estimate of drug-likeness (QED) is 0.674. The number of halogens is 1. The number of carbonyl (C=O) groups excluding carboxylic acids is 1. The number of aryl methyl sites for hydroxylation is 1. The fourth-order valence-electron chi connectivity index (χ4n) is 3.64. The fourth-order valence-corrected chi connectivity index (χ4v) is 3.81. The summed E-state index contributed by atoms with van der Waals surface area (Å²) in [7, 11) is 0. The number of benzene rings is 2. The summed E-state index contributed by atoms with van der Waals surface area (Å²) in [6.45, 7) is 2.46. The number of amides is 1. The van der Waals surface area contributed by atoms with Gasteiger partial charge in [0.15, 0.2) is 0 Å². The van der Waals surface area contributed by atoms with Crippen LogP contribution in [0.1, 0.15) is 47.2 Å². The Labute approximate surface area is 176 Å². The number of hydrogen-bond acceptors (Lipinski definition) is 3. The molecule has 1 aliphatic rings. The van der Waals surface area contributed by atoms with E-state index < -0.39 is 5.97 Å². The average molecular weight is 415 g/mol. The van der Waals surface area contributed by atoms with Crippen LogP contribution in [0.15, 0.2) is 42.5 Å². The molecule has 5 nitrogen and oxygen atoms in total. The molecule has 154 valence electrons. The SMILES string of the molecule is O=C(O)CCc1ccc(CCNC(=O)c2cc(Cl)ccc2N2CCCCC2)cc1. The Morgan fingerprint density at radius 2 is 1.62 bits per heavy atom. The van der Waals surface area contributed by atoms with Crippen LogP contribution in [0.5, 0.6) is 0 Å². The largest absolute Gasteiger partial charge is 0.481 e. The number of piperidine rings is 1. The van der Waals surface area contributed by atoms with Gasteiger partial charge in [-0.1, -0.05) is 35.9 Å². The molecule has 29 heavy (non-hydrogen) atoms. The van der Waals surface area contributed by atoms with Gasteiger partial charge in [-0.3, -0.25) is 9.59 Å². The number of carbonyl (C=O) groups is 2. The van der Waals surface area contributed by atoms with Gasteiger partial charge in [-0.15, -0.1) is 0 Å². The zero-order valence-electron chi connectivity index (χ0n) is 16.5. The maximum absolute atomic E-state index is 12.8. The summed E-state index contributed by atoms with van der Waals surface area (Å²) in [6, 6.07) is 13.4. The second-order valence-electron chi connectivity index (χ2n) is 7.43. The molecule has 0 radical (unpaired) electrons. The monoisotopic (exact) mass is 414 g/mol. The van der Waals surface area contributed by atoms with E-state index in [1.807, 2.05) is 36.4 Å². The fraction of sp³-hybridized carbons (Fsp3) is 0.391. The molecular formula is C23H27ClN2O3. The third-order valence-electron chi connectivity index (χ3n) is 5.25. The van der Waals surface area contributed by atoms with Crippen LogP contribution >= 0.6 is 11.6 Å². The minimum absolute atomic E-state index is 0.105. The first-order valence-corrected chi connectivity index (χ1v) is 10.5. The van der Waals surface area contributed by atoms with Gasteiger partial charge in [-0.2, -0.15) is 0 Å². The molecule has 1 saturated heterocycles. The molecule has 1 fully saturated rings. The first-order valence-electron chi connectivity index (χ1n) is 10.2. The normalized spacial score (nSPS) is 13.9. The summed E-state index contributed by atoms with van der Waals surface area (Å²) >= 11 is 6.15. The van der Waals surface area contributed by atoms with E-state index in [0.29, 0.717) is 30.0 Å². The van der Waals surface area contributed by atoms with Crippen molar-refractivity contribution in [1.82, 2.24) is 5.32 Å². The number of nitrogens with one attached hydrogen (secondary N) is 1. The highest BCUT2D eigenvalue weighted by Crippen LogP contribution is 2.27. The topological polar surface area (TPSA) is 69.6 Å². The zero-order chi connectivity index (χ0) is 20.6. The highest BCUT2D eigenvalue weighted by atomic mass is 35.5. The van der Waals surface area contributed by atoms with Gasteiger partial charge in [0.2, 0.25) is 0 Å². The van der Waals surface area contributed by atoms with Crippen LogP contribution in [0, 0.1) is 0 Å². The molecular weight excluding hydrogens is 388 g/mol. The third-order valence-corrected chi connectivity index (χ3v) is 5.48. The van der Waals surface area contributed by atoms with Crippen molar-refractivity contribution in [3.05, 3.63) is 64.2 Å². The van der Waals surface area contributed by atoms with Crippen LogP contribution in [0.2, 0.25) is 5.02 Å². The van der Waals surface area contributed by atoms with Gasteiger partial charge in [0.1, 0.15) is 0 Å². The molecule has 2 N–H and O–H groups in total. The molecule has 0 bridgehead atoms. The van der Waals surface area contributed by atoms with Gasteiger partial charge in [0, 0.05) is 36.8 Å². The molecule has 6 heteroatoms. The van der Waals surface area contributed by atoms with Gasteiger partial charge in [0.05, 0.1) is 5.56 Å². The van der Waals surface area contributed by atoms with Crippen molar-refractivity contribution >= 4 is 29.2 Å². The molecule has 1 heterocycles. The summed E-state index contributed by atoms with van der Waals surface area (Å²) in [6.07, 6.45) is 4.90. The minimum atomic E-state index is -0.790. The van der Waals surface area contributed by atoms with Crippen LogP contribution in [0.4, 0.5) is 5.69 Å². The van der Waals surface area contributed by atoms with E-state index in [0.717, 1.165) is 42.7 Å². The van der Waals surface area contributed by atoms with E-state index in [-0.39, 0.29) is 12.3 Å². The van der Waals surface area contributed by atoms with E-state index in [1.54, 1.807) is 6.07 Å². The Bertz CT molecular complexity index is 846. The lowest BCUT2D eigenvalue weighted by molar-refractivity contribution is -0.136. The van der Waals surface area contributed by atoms with Crippen molar-refractivity contribution in [3.8, 4) is 0 Å². The van der Waals surface area contributed by atoms with Crippen molar-refractivity contribution in [3.63, 3.8) is 0 Å². The van der Waals surface area contributed by atoms with Gasteiger partial charge < -0.3 is 15.3 Å². The zero-order valence-corrected chi connectivity index (χ0v) is 17.3. The highest BCUT2D eigenvalue weighted by Gasteiger charge is 2.18. The second-order valence-corrected chi connectivity index (χ2v) is 7.86. The Hall–Kier alpha value is -2.53. The molecule has 0 saturated carbocycles. The predicted molar refractivity (Wildman–Crippen MR) is 116 cm³/mol. The molecule has 1 aliphatic heterocycles. The van der Waals surface area contributed by atoms with Gasteiger partial charge in [-0.05, 0) is 61.4 Å². The van der Waals surface area contributed by atoms with Crippen molar-refractivity contribution in [1.29, 1.82) is 0 Å². The summed E-state index contributed by atoms with van der Waals surface area (Å²) in [4.78, 5) is 25.7. The predicted octanol–water partition coefficient (Wildman–Crippen LogP) is 4.32. The Kier molecular flexibility index (Phi) is 7.53. The number of anilines is 1. The van der Waals surface area contributed by atoms with Gasteiger partial charge in [-0.25, -0.2) is 0 Å². The molecule has 1 amide bonds. The molecule has 0 unspecified atom stereocenters. The van der Waals surface area contributed by atoms with Crippen molar-refractivity contribution < 1.29 is 14.7 Å². The number of aliphatic carboxylic acids is 1. The molecule has 0 atom stereocenters. The second kappa shape index (κ2) is 10.3.